The number of rotatable bonds is 4. The van der Waals surface area contributed by atoms with Gasteiger partial charge in [0.2, 0.25) is 0 Å². The molecule has 144 valence electrons. The Morgan fingerprint density at radius 3 is 2.82 bits per heavy atom. The van der Waals surface area contributed by atoms with Gasteiger partial charge in [0.25, 0.3) is 5.56 Å². The van der Waals surface area contributed by atoms with Crippen molar-refractivity contribution < 1.29 is 9.90 Å². The summed E-state index contributed by atoms with van der Waals surface area (Å²) in [5.41, 5.74) is 3.34. The maximum Gasteiger partial charge on any atom is 0.337 e. The maximum absolute atomic E-state index is 13.0. The van der Waals surface area contributed by atoms with Gasteiger partial charge in [-0.25, -0.2) is 9.78 Å². The minimum absolute atomic E-state index is 0.00689. The Bertz CT molecular complexity index is 1150. The molecule has 6 nitrogen and oxygen atoms in total. The number of carboxylic acid groups (broad SMARTS) is 1. The quantitative estimate of drug-likeness (QED) is 0.716. The Hall–Kier alpha value is -3.15. The first-order valence-corrected chi connectivity index (χ1v) is 9.50. The molecule has 0 saturated heterocycles. The number of aryl methyl sites for hydroxylation is 1. The van der Waals surface area contributed by atoms with Crippen molar-refractivity contribution in [1.29, 1.82) is 0 Å². The van der Waals surface area contributed by atoms with Crippen molar-refractivity contribution >= 4 is 22.6 Å². The monoisotopic (exact) mass is 377 g/mol. The summed E-state index contributed by atoms with van der Waals surface area (Å²) in [6.45, 7) is 6.72. The van der Waals surface area contributed by atoms with Gasteiger partial charge in [0.1, 0.15) is 5.82 Å². The Labute approximate surface area is 162 Å². The van der Waals surface area contributed by atoms with E-state index in [0.29, 0.717) is 23.1 Å². The van der Waals surface area contributed by atoms with Gasteiger partial charge in [-0.1, -0.05) is 25.1 Å². The van der Waals surface area contributed by atoms with Crippen LogP contribution >= 0.6 is 0 Å². The predicted octanol–water partition coefficient (Wildman–Crippen LogP) is 4.08. The molecule has 1 aliphatic rings. The number of para-hydroxylation sites is 1. The van der Waals surface area contributed by atoms with Gasteiger partial charge in [0.05, 0.1) is 22.5 Å². The van der Waals surface area contributed by atoms with E-state index >= 15 is 0 Å². The second-order valence-electron chi connectivity index (χ2n) is 7.58. The highest BCUT2D eigenvalue weighted by atomic mass is 16.4. The van der Waals surface area contributed by atoms with Crippen LogP contribution in [0.3, 0.4) is 0 Å². The highest BCUT2D eigenvalue weighted by Crippen LogP contribution is 2.31. The molecular weight excluding hydrogens is 354 g/mol. The molecule has 2 atom stereocenters. The number of hydrogen-bond acceptors (Lipinski definition) is 4. The Morgan fingerprint density at radius 2 is 2.07 bits per heavy atom. The number of fused-ring (bicyclic) bond motifs is 2. The number of hydrogen-bond donors (Lipinski definition) is 2. The number of nitrogens with zero attached hydrogens (tertiary/aromatic N) is 2. The summed E-state index contributed by atoms with van der Waals surface area (Å²) in [6.07, 6.45) is 0.923. The summed E-state index contributed by atoms with van der Waals surface area (Å²) in [4.78, 5) is 29.4. The lowest BCUT2D eigenvalue weighted by Gasteiger charge is -2.20. The summed E-state index contributed by atoms with van der Waals surface area (Å²) >= 11 is 0. The Morgan fingerprint density at radius 1 is 1.32 bits per heavy atom. The van der Waals surface area contributed by atoms with Crippen molar-refractivity contribution in [3.63, 3.8) is 0 Å². The molecule has 1 aliphatic heterocycles. The van der Waals surface area contributed by atoms with E-state index in [1.807, 2.05) is 26.0 Å². The first-order chi connectivity index (χ1) is 13.4. The third kappa shape index (κ3) is 2.95. The van der Waals surface area contributed by atoms with Gasteiger partial charge < -0.3 is 10.4 Å². The molecule has 0 amide bonds. The standard InChI is InChI=1S/C22H23N3O3/c1-12-10-16(14(3)23-18-7-5-4-6-15(18)22(27)28)19-17(11-12)21(26)25-9-8-13(2)20(25)24-19/h4-7,10-11,13-14,23H,8-9H2,1-3H3,(H,27,28)/t13?,14-/m1/s1. The van der Waals surface area contributed by atoms with Crippen LogP contribution in [0.1, 0.15) is 59.5 Å². The number of carboxylic acids is 1. The zero-order valence-electron chi connectivity index (χ0n) is 16.2. The van der Waals surface area contributed by atoms with Crippen molar-refractivity contribution in [3.05, 3.63) is 69.3 Å². The van der Waals surface area contributed by atoms with E-state index in [4.69, 9.17) is 4.98 Å². The number of carbonyl (C=O) groups is 1. The van der Waals surface area contributed by atoms with Crippen molar-refractivity contribution in [2.24, 2.45) is 0 Å². The van der Waals surface area contributed by atoms with E-state index in [-0.39, 0.29) is 23.1 Å². The molecule has 0 aliphatic carbocycles. The van der Waals surface area contributed by atoms with Gasteiger partial charge in [0, 0.05) is 23.7 Å². The highest BCUT2D eigenvalue weighted by Gasteiger charge is 2.25. The molecular formula is C22H23N3O3. The first-order valence-electron chi connectivity index (χ1n) is 9.50. The van der Waals surface area contributed by atoms with Crippen molar-refractivity contribution in [2.45, 2.75) is 45.7 Å². The number of anilines is 1. The highest BCUT2D eigenvalue weighted by molar-refractivity contribution is 5.94. The van der Waals surface area contributed by atoms with Crippen LogP contribution in [0.5, 0.6) is 0 Å². The molecule has 6 heteroatoms. The van der Waals surface area contributed by atoms with E-state index in [1.165, 1.54) is 0 Å². The molecule has 3 aromatic rings. The summed E-state index contributed by atoms with van der Waals surface area (Å²) in [6, 6.07) is 10.5. The molecule has 2 N–H and O–H groups in total. The van der Waals surface area contributed by atoms with E-state index in [0.717, 1.165) is 23.4 Å². The van der Waals surface area contributed by atoms with Crippen LogP contribution in [0.15, 0.2) is 41.2 Å². The largest absolute Gasteiger partial charge is 0.478 e. The number of aromatic carboxylic acids is 1. The van der Waals surface area contributed by atoms with Crippen molar-refractivity contribution in [2.75, 3.05) is 5.32 Å². The number of benzene rings is 2. The lowest BCUT2D eigenvalue weighted by molar-refractivity contribution is 0.0698. The second-order valence-corrected chi connectivity index (χ2v) is 7.58. The normalized spacial score (nSPS) is 16.8. The molecule has 0 radical (unpaired) electrons. The fourth-order valence-corrected chi connectivity index (χ4v) is 4.00. The molecule has 0 fully saturated rings. The van der Waals surface area contributed by atoms with E-state index in [9.17, 15) is 14.7 Å². The molecule has 4 rings (SSSR count). The average molecular weight is 377 g/mol. The zero-order chi connectivity index (χ0) is 20.0. The Kier molecular flexibility index (Phi) is 4.41. The van der Waals surface area contributed by atoms with Crippen molar-refractivity contribution in [3.8, 4) is 0 Å². The topological polar surface area (TPSA) is 84.2 Å². The molecule has 2 heterocycles. The lowest BCUT2D eigenvalue weighted by atomic mass is 10.00. The van der Waals surface area contributed by atoms with Crippen LogP contribution in [0.2, 0.25) is 0 Å². The predicted molar refractivity (Wildman–Crippen MR) is 109 cm³/mol. The minimum atomic E-state index is -0.979. The molecule has 2 aromatic carbocycles. The summed E-state index contributed by atoms with van der Waals surface area (Å²) in [5, 5.41) is 13.4. The number of nitrogens with one attached hydrogen (secondary N) is 1. The summed E-state index contributed by atoms with van der Waals surface area (Å²) < 4.78 is 1.79. The molecule has 0 bridgehead atoms. The van der Waals surface area contributed by atoms with E-state index in [2.05, 4.69) is 12.2 Å². The molecule has 1 unspecified atom stereocenters. The number of aromatic nitrogens is 2. The van der Waals surface area contributed by atoms with E-state index in [1.54, 1.807) is 28.8 Å². The lowest BCUT2D eigenvalue weighted by Crippen LogP contribution is -2.22. The van der Waals surface area contributed by atoms with E-state index < -0.39 is 5.97 Å². The third-order valence-electron chi connectivity index (χ3n) is 5.48. The molecule has 28 heavy (non-hydrogen) atoms. The molecule has 1 aromatic heterocycles. The van der Waals surface area contributed by atoms with Gasteiger partial charge in [-0.2, -0.15) is 0 Å². The van der Waals surface area contributed by atoms with Crippen LogP contribution in [0, 0.1) is 6.92 Å². The smallest absolute Gasteiger partial charge is 0.337 e. The summed E-state index contributed by atoms with van der Waals surface area (Å²) in [7, 11) is 0. The van der Waals surface area contributed by atoms with Crippen LogP contribution in [-0.4, -0.2) is 20.6 Å². The first kappa shape index (κ1) is 18.2. The van der Waals surface area contributed by atoms with Gasteiger partial charge >= 0.3 is 5.97 Å². The fraction of sp³-hybridized carbons (Fsp3) is 0.318. The minimum Gasteiger partial charge on any atom is -0.478 e. The van der Waals surface area contributed by atoms with Gasteiger partial charge in [-0.05, 0) is 44.0 Å². The van der Waals surface area contributed by atoms with Gasteiger partial charge in [-0.3, -0.25) is 9.36 Å². The van der Waals surface area contributed by atoms with Gasteiger partial charge in [-0.15, -0.1) is 0 Å². The van der Waals surface area contributed by atoms with Gasteiger partial charge in [0.15, 0.2) is 0 Å². The van der Waals surface area contributed by atoms with Crippen LogP contribution in [0.4, 0.5) is 5.69 Å². The average Bonchev–Trinajstić information content (AvgIpc) is 3.03. The van der Waals surface area contributed by atoms with Crippen LogP contribution in [0.25, 0.3) is 10.9 Å². The fourth-order valence-electron chi connectivity index (χ4n) is 4.00. The second kappa shape index (κ2) is 6.78. The SMILES string of the molecule is Cc1cc([C@@H](C)Nc2ccccc2C(=O)O)c2nc3n(c(=O)c2c1)CCC3C. The summed E-state index contributed by atoms with van der Waals surface area (Å²) in [5.74, 6) is 0.107. The van der Waals surface area contributed by atoms with Crippen molar-refractivity contribution in [1.82, 2.24) is 9.55 Å². The molecule has 0 spiro atoms. The Balaban J connectivity index is 1.85. The van der Waals surface area contributed by atoms with Crippen LogP contribution in [-0.2, 0) is 6.54 Å². The molecule has 0 saturated carbocycles. The zero-order valence-corrected chi connectivity index (χ0v) is 16.2. The third-order valence-corrected chi connectivity index (χ3v) is 5.48. The maximum atomic E-state index is 13.0. The van der Waals surface area contributed by atoms with Crippen LogP contribution < -0.4 is 10.9 Å².